The number of nitrogens with zero attached hydrogens (tertiary/aromatic N) is 3. The first-order chi connectivity index (χ1) is 27.7. The van der Waals surface area contributed by atoms with Gasteiger partial charge in [-0.05, 0) is 75.8 Å². The number of hydrogen-bond donors (Lipinski definition) is 0. The molecule has 11 rings (SSSR count). The first-order valence-electron chi connectivity index (χ1n) is 18.7. The van der Waals surface area contributed by atoms with Gasteiger partial charge in [-0.15, -0.1) is 0 Å². The van der Waals surface area contributed by atoms with E-state index in [9.17, 15) is 0 Å². The molecule has 0 amide bonds. The predicted octanol–water partition coefficient (Wildman–Crippen LogP) is 13.7. The number of furan rings is 2. The molecule has 0 N–H and O–H groups in total. The largest absolute Gasteiger partial charge is 0.456 e. The third-order valence-corrected chi connectivity index (χ3v) is 10.6. The molecule has 0 bridgehead atoms. The second-order valence-corrected chi connectivity index (χ2v) is 14.0. The topological polar surface area (TPSA) is 65.0 Å². The third kappa shape index (κ3) is 5.45. The molecule has 0 saturated carbocycles. The Hall–Kier alpha value is -7.63. The van der Waals surface area contributed by atoms with Crippen LogP contribution in [0.4, 0.5) is 0 Å². The quantitative estimate of drug-likeness (QED) is 0.171. The SMILES string of the molecule is c1ccc(-c2ccc(-c3cccc4oc5ccccc5c34)c(-c3ccc4c(c3)oc3cc(-c5nc(-c6ccccc6)nc(-c6ccccc6)n5)ccc34)c2)cc1. The average molecular weight is 718 g/mol. The second-order valence-electron chi connectivity index (χ2n) is 14.0. The van der Waals surface area contributed by atoms with Gasteiger partial charge in [0, 0.05) is 38.2 Å². The Kier molecular flexibility index (Phi) is 7.42. The van der Waals surface area contributed by atoms with Gasteiger partial charge in [-0.2, -0.15) is 0 Å². The van der Waals surface area contributed by atoms with Gasteiger partial charge in [-0.3, -0.25) is 0 Å². The van der Waals surface area contributed by atoms with Crippen molar-refractivity contribution in [3.8, 4) is 67.5 Å². The van der Waals surface area contributed by atoms with Gasteiger partial charge in [0.15, 0.2) is 17.5 Å². The summed E-state index contributed by atoms with van der Waals surface area (Å²) >= 11 is 0. The van der Waals surface area contributed by atoms with Crippen molar-refractivity contribution in [2.45, 2.75) is 0 Å². The summed E-state index contributed by atoms with van der Waals surface area (Å²) in [5.74, 6) is 1.83. The summed E-state index contributed by atoms with van der Waals surface area (Å²) in [4.78, 5) is 14.8. The number of fused-ring (bicyclic) bond motifs is 6. The van der Waals surface area contributed by atoms with E-state index < -0.39 is 0 Å². The van der Waals surface area contributed by atoms with Gasteiger partial charge in [0.25, 0.3) is 0 Å². The molecule has 0 aliphatic heterocycles. The van der Waals surface area contributed by atoms with Crippen LogP contribution < -0.4 is 0 Å². The van der Waals surface area contributed by atoms with Gasteiger partial charge in [-0.1, -0.05) is 146 Å². The van der Waals surface area contributed by atoms with E-state index in [2.05, 4.69) is 103 Å². The molecular formula is C51H31N3O2. The molecule has 0 fully saturated rings. The first-order valence-corrected chi connectivity index (χ1v) is 18.7. The number of hydrogen-bond acceptors (Lipinski definition) is 5. The molecule has 0 saturated heterocycles. The summed E-state index contributed by atoms with van der Waals surface area (Å²) in [6.07, 6.45) is 0. The molecule has 262 valence electrons. The molecule has 8 aromatic carbocycles. The summed E-state index contributed by atoms with van der Waals surface area (Å²) in [5.41, 5.74) is 12.8. The minimum absolute atomic E-state index is 0.587. The Morgan fingerprint density at radius 1 is 0.268 bits per heavy atom. The molecule has 11 aromatic rings. The summed E-state index contributed by atoms with van der Waals surface area (Å²) in [6.45, 7) is 0. The smallest absolute Gasteiger partial charge is 0.164 e. The Balaban J connectivity index is 1.06. The van der Waals surface area contributed by atoms with Crippen molar-refractivity contribution in [1.82, 2.24) is 15.0 Å². The number of para-hydroxylation sites is 1. The van der Waals surface area contributed by atoms with Crippen molar-refractivity contribution >= 4 is 43.9 Å². The Bertz CT molecular complexity index is 3180. The predicted molar refractivity (Wildman–Crippen MR) is 227 cm³/mol. The zero-order valence-corrected chi connectivity index (χ0v) is 30.1. The zero-order valence-electron chi connectivity index (χ0n) is 30.1. The third-order valence-electron chi connectivity index (χ3n) is 10.6. The second kappa shape index (κ2) is 13.0. The molecule has 0 spiro atoms. The lowest BCUT2D eigenvalue weighted by Crippen LogP contribution is -2.00. The average Bonchev–Trinajstić information content (AvgIpc) is 3.85. The maximum atomic E-state index is 6.70. The van der Waals surface area contributed by atoms with Crippen molar-refractivity contribution in [2.75, 3.05) is 0 Å². The normalized spacial score (nSPS) is 11.6. The van der Waals surface area contributed by atoms with Gasteiger partial charge < -0.3 is 8.83 Å². The van der Waals surface area contributed by atoms with E-state index >= 15 is 0 Å². The van der Waals surface area contributed by atoms with E-state index in [0.29, 0.717) is 17.5 Å². The van der Waals surface area contributed by atoms with E-state index in [0.717, 1.165) is 93.9 Å². The Morgan fingerprint density at radius 3 is 1.46 bits per heavy atom. The Labute approximate surface area is 322 Å². The standard InChI is InChI=1S/C51H31N3O2/c1-4-13-32(14-5-1)35-23-26-38(41-20-12-22-45-48(41)42-19-10-11-21-44(42)55-45)43(29-35)36-24-27-39-40-28-25-37(31-47(40)56-46(39)30-36)51-53-49(33-15-6-2-7-16-33)52-50(54-51)34-17-8-3-9-18-34/h1-31H. The van der Waals surface area contributed by atoms with E-state index in [1.807, 2.05) is 84.9 Å². The summed E-state index contributed by atoms with van der Waals surface area (Å²) in [6, 6.07) is 64.7. The van der Waals surface area contributed by atoms with Gasteiger partial charge in [0.05, 0.1) is 0 Å². The molecule has 0 unspecified atom stereocenters. The summed E-state index contributed by atoms with van der Waals surface area (Å²) < 4.78 is 13.0. The minimum atomic E-state index is 0.587. The molecule has 0 atom stereocenters. The molecule has 56 heavy (non-hydrogen) atoms. The van der Waals surface area contributed by atoms with E-state index in [1.54, 1.807) is 0 Å². The lowest BCUT2D eigenvalue weighted by Gasteiger charge is -2.14. The fourth-order valence-electron chi connectivity index (χ4n) is 7.85. The molecule has 0 radical (unpaired) electrons. The Morgan fingerprint density at radius 2 is 0.786 bits per heavy atom. The monoisotopic (exact) mass is 717 g/mol. The molecule has 5 nitrogen and oxygen atoms in total. The highest BCUT2D eigenvalue weighted by Crippen LogP contribution is 2.43. The van der Waals surface area contributed by atoms with Crippen molar-refractivity contribution in [3.05, 3.63) is 188 Å². The van der Waals surface area contributed by atoms with E-state index in [4.69, 9.17) is 23.8 Å². The van der Waals surface area contributed by atoms with E-state index in [-0.39, 0.29) is 0 Å². The highest BCUT2D eigenvalue weighted by Gasteiger charge is 2.19. The van der Waals surface area contributed by atoms with Gasteiger partial charge in [0.2, 0.25) is 0 Å². The van der Waals surface area contributed by atoms with Crippen LogP contribution in [0.3, 0.4) is 0 Å². The van der Waals surface area contributed by atoms with Gasteiger partial charge in [0.1, 0.15) is 22.3 Å². The van der Waals surface area contributed by atoms with Crippen LogP contribution >= 0.6 is 0 Å². The van der Waals surface area contributed by atoms with Crippen molar-refractivity contribution in [1.29, 1.82) is 0 Å². The number of rotatable bonds is 6. The van der Waals surface area contributed by atoms with Crippen molar-refractivity contribution < 1.29 is 8.83 Å². The molecule has 0 aliphatic rings. The van der Waals surface area contributed by atoms with Crippen LogP contribution in [-0.4, -0.2) is 15.0 Å². The number of aromatic nitrogens is 3. The maximum Gasteiger partial charge on any atom is 0.164 e. The highest BCUT2D eigenvalue weighted by molar-refractivity contribution is 6.14. The van der Waals surface area contributed by atoms with Crippen LogP contribution in [0.15, 0.2) is 197 Å². The minimum Gasteiger partial charge on any atom is -0.456 e. The maximum absolute atomic E-state index is 6.70. The summed E-state index contributed by atoms with van der Waals surface area (Å²) in [5, 5.41) is 4.29. The molecule has 3 heterocycles. The lowest BCUT2D eigenvalue weighted by molar-refractivity contribution is 0.668. The van der Waals surface area contributed by atoms with Crippen LogP contribution in [-0.2, 0) is 0 Å². The van der Waals surface area contributed by atoms with Crippen LogP contribution in [0.25, 0.3) is 111 Å². The highest BCUT2D eigenvalue weighted by atomic mass is 16.3. The molecule has 0 aliphatic carbocycles. The van der Waals surface area contributed by atoms with Crippen LogP contribution in [0.2, 0.25) is 0 Å². The fourth-order valence-corrected chi connectivity index (χ4v) is 7.85. The first kappa shape index (κ1) is 31.9. The van der Waals surface area contributed by atoms with Crippen LogP contribution in [0.1, 0.15) is 0 Å². The van der Waals surface area contributed by atoms with Crippen LogP contribution in [0.5, 0.6) is 0 Å². The van der Waals surface area contributed by atoms with E-state index in [1.165, 1.54) is 0 Å². The zero-order chi connectivity index (χ0) is 37.0. The van der Waals surface area contributed by atoms with Crippen molar-refractivity contribution in [2.24, 2.45) is 0 Å². The van der Waals surface area contributed by atoms with Gasteiger partial charge >= 0.3 is 0 Å². The number of benzene rings is 8. The molecule has 5 heteroatoms. The van der Waals surface area contributed by atoms with Gasteiger partial charge in [-0.25, -0.2) is 15.0 Å². The molecular weight excluding hydrogens is 687 g/mol. The lowest BCUT2D eigenvalue weighted by atomic mass is 9.89. The molecule has 3 aromatic heterocycles. The summed E-state index contributed by atoms with van der Waals surface area (Å²) in [7, 11) is 0. The van der Waals surface area contributed by atoms with Crippen molar-refractivity contribution in [3.63, 3.8) is 0 Å². The van der Waals surface area contributed by atoms with Crippen LogP contribution in [0, 0.1) is 0 Å². The fraction of sp³-hybridized carbons (Fsp3) is 0.